The molecule has 0 saturated heterocycles. The van der Waals surface area contributed by atoms with Crippen molar-refractivity contribution in [2.24, 2.45) is 0 Å². The number of nitrogens with one attached hydrogen (secondary N) is 1. The molecule has 0 saturated carbocycles. The number of fused-ring (bicyclic) bond motifs is 1. The van der Waals surface area contributed by atoms with Crippen molar-refractivity contribution in [1.82, 2.24) is 34.9 Å². The molecule has 12 heteroatoms. The van der Waals surface area contributed by atoms with Gasteiger partial charge >= 0.3 is 6.01 Å². The number of carbonyl (C=O) groups is 1. The summed E-state index contributed by atoms with van der Waals surface area (Å²) in [4.78, 5) is 27.7. The quantitative estimate of drug-likeness (QED) is 0.146. The number of aromatic nitrogens is 5. The van der Waals surface area contributed by atoms with Crippen molar-refractivity contribution in [3.05, 3.63) is 103 Å². The molecule has 0 aliphatic rings. The van der Waals surface area contributed by atoms with Crippen LogP contribution >= 0.6 is 11.3 Å². The number of likely N-dealkylation sites (N-methyl/N-ethyl adjacent to an activating group) is 1. The number of hydrogen-bond acceptors (Lipinski definition) is 9. The van der Waals surface area contributed by atoms with Crippen LogP contribution in [0.2, 0.25) is 0 Å². The van der Waals surface area contributed by atoms with E-state index in [0.717, 1.165) is 61.4 Å². The number of anilines is 1. The van der Waals surface area contributed by atoms with Crippen molar-refractivity contribution < 1.29 is 13.9 Å². The molecule has 2 aromatic carbocycles. The number of aryl methyl sites for hydroxylation is 2. The normalized spacial score (nSPS) is 11.3. The van der Waals surface area contributed by atoms with Crippen molar-refractivity contribution in [1.29, 1.82) is 0 Å². The Morgan fingerprint density at radius 1 is 1.10 bits per heavy atom. The summed E-state index contributed by atoms with van der Waals surface area (Å²) in [7, 11) is 4.05. The van der Waals surface area contributed by atoms with Crippen LogP contribution in [0.4, 0.5) is 10.2 Å². The smallest absolute Gasteiger partial charge is 0.322 e. The van der Waals surface area contributed by atoms with Gasteiger partial charge in [-0.2, -0.15) is 5.10 Å². The van der Waals surface area contributed by atoms with Gasteiger partial charge in [0.1, 0.15) is 5.82 Å². The zero-order valence-electron chi connectivity index (χ0n) is 27.1. The van der Waals surface area contributed by atoms with Crippen LogP contribution in [0.1, 0.15) is 16.8 Å². The Balaban J connectivity index is 1.50. The first kappa shape index (κ1) is 32.5. The highest BCUT2D eigenvalue weighted by atomic mass is 32.1. The second kappa shape index (κ2) is 13.7. The zero-order chi connectivity index (χ0) is 33.9. The lowest BCUT2D eigenvalue weighted by Crippen LogP contribution is -2.19. The molecule has 48 heavy (non-hydrogen) atoms. The van der Waals surface area contributed by atoms with Crippen LogP contribution in [-0.4, -0.2) is 56.2 Å². The second-order valence-corrected chi connectivity index (χ2v) is 12.7. The van der Waals surface area contributed by atoms with Gasteiger partial charge in [-0.25, -0.2) is 19.3 Å². The number of amides is 1. The molecular formula is C36H35FN8O2S. The Bertz CT molecular complexity index is 2160. The van der Waals surface area contributed by atoms with Crippen LogP contribution in [0.25, 0.3) is 42.8 Å². The highest BCUT2D eigenvalue weighted by Crippen LogP contribution is 2.50. The van der Waals surface area contributed by atoms with Gasteiger partial charge in [0.2, 0.25) is 5.91 Å². The maximum absolute atomic E-state index is 15.8. The number of hydrogen-bond donors (Lipinski definition) is 2. The Morgan fingerprint density at radius 3 is 2.67 bits per heavy atom. The summed E-state index contributed by atoms with van der Waals surface area (Å²) >= 11 is 1.57. The summed E-state index contributed by atoms with van der Waals surface area (Å²) < 4.78 is 24.3. The number of halogens is 1. The van der Waals surface area contributed by atoms with Gasteiger partial charge in [-0.15, -0.1) is 11.3 Å². The summed E-state index contributed by atoms with van der Waals surface area (Å²) in [6.45, 7) is 9.28. The summed E-state index contributed by atoms with van der Waals surface area (Å²) in [6, 6.07) is 12.6. The van der Waals surface area contributed by atoms with E-state index >= 15 is 4.39 Å². The average molecular weight is 663 g/mol. The Kier molecular flexibility index (Phi) is 9.28. The summed E-state index contributed by atoms with van der Waals surface area (Å²) in [5.41, 5.74) is 13.4. The van der Waals surface area contributed by atoms with Crippen molar-refractivity contribution in [3.8, 4) is 44.5 Å². The van der Waals surface area contributed by atoms with Crippen LogP contribution in [0, 0.1) is 19.7 Å². The van der Waals surface area contributed by atoms with Gasteiger partial charge in [0, 0.05) is 69.0 Å². The fraction of sp³-hybridized carbons (Fsp3) is 0.194. The van der Waals surface area contributed by atoms with E-state index in [1.807, 2.05) is 63.2 Å². The molecule has 10 nitrogen and oxygen atoms in total. The van der Waals surface area contributed by atoms with E-state index in [9.17, 15) is 4.79 Å². The van der Waals surface area contributed by atoms with Crippen LogP contribution in [-0.2, 0) is 17.9 Å². The molecule has 3 N–H and O–H groups in total. The van der Waals surface area contributed by atoms with Gasteiger partial charge in [-0.3, -0.25) is 9.48 Å². The number of pyridine rings is 1. The van der Waals surface area contributed by atoms with Gasteiger partial charge < -0.3 is 20.7 Å². The fourth-order valence-electron chi connectivity index (χ4n) is 5.38. The first-order valence-corrected chi connectivity index (χ1v) is 16.1. The molecule has 0 atom stereocenters. The number of carbonyl (C=O) groups excluding carboxylic acids is 1. The first-order chi connectivity index (χ1) is 23.1. The van der Waals surface area contributed by atoms with Gasteiger partial charge in [0.15, 0.2) is 11.6 Å². The molecule has 1 amide bonds. The lowest BCUT2D eigenvalue weighted by Gasteiger charge is -2.12. The molecule has 244 valence electrons. The minimum atomic E-state index is -0.571. The molecule has 0 fully saturated rings. The van der Waals surface area contributed by atoms with Crippen molar-refractivity contribution in [3.63, 3.8) is 0 Å². The van der Waals surface area contributed by atoms with E-state index in [1.165, 1.54) is 12.1 Å². The maximum Gasteiger partial charge on any atom is 0.322 e. The molecule has 0 aliphatic heterocycles. The zero-order valence-corrected chi connectivity index (χ0v) is 27.9. The van der Waals surface area contributed by atoms with E-state index in [1.54, 1.807) is 41.9 Å². The number of nitrogens with two attached hydrogens (primary N) is 1. The molecule has 0 aliphatic carbocycles. The predicted octanol–water partition coefficient (Wildman–Crippen LogP) is 6.78. The molecule has 0 radical (unpaired) electrons. The third kappa shape index (κ3) is 6.80. The minimum absolute atomic E-state index is 0.00413. The molecule has 0 bridgehead atoms. The summed E-state index contributed by atoms with van der Waals surface area (Å²) in [6.07, 6.45) is 8.42. The number of ether oxygens (including phenoxy) is 1. The highest BCUT2D eigenvalue weighted by molar-refractivity contribution is 7.23. The third-order valence-electron chi connectivity index (χ3n) is 7.84. The highest BCUT2D eigenvalue weighted by Gasteiger charge is 2.24. The first-order valence-electron chi connectivity index (χ1n) is 15.3. The topological polar surface area (TPSA) is 124 Å². The lowest BCUT2D eigenvalue weighted by molar-refractivity contribution is -0.116. The van der Waals surface area contributed by atoms with Crippen LogP contribution in [0.5, 0.6) is 11.8 Å². The molecule has 0 unspecified atom stereocenters. The van der Waals surface area contributed by atoms with E-state index in [2.05, 4.69) is 36.8 Å². The Labute approximate surface area is 281 Å². The minimum Gasteiger partial charge on any atom is -0.421 e. The van der Waals surface area contributed by atoms with Crippen LogP contribution < -0.4 is 15.8 Å². The largest absolute Gasteiger partial charge is 0.421 e. The van der Waals surface area contributed by atoms with Crippen molar-refractivity contribution in [2.75, 3.05) is 26.4 Å². The third-order valence-corrected chi connectivity index (χ3v) is 9.10. The fourth-order valence-corrected chi connectivity index (χ4v) is 6.84. The van der Waals surface area contributed by atoms with Crippen molar-refractivity contribution >= 4 is 33.1 Å². The summed E-state index contributed by atoms with van der Waals surface area (Å²) in [5.74, 6) is -0.476. The number of rotatable bonds is 11. The van der Waals surface area contributed by atoms with Crippen LogP contribution in [0.3, 0.4) is 0 Å². The second-order valence-electron chi connectivity index (χ2n) is 11.7. The Morgan fingerprint density at radius 2 is 1.94 bits per heavy atom. The number of nitrogen functional groups attached to an aromatic ring is 1. The van der Waals surface area contributed by atoms with E-state index in [0.29, 0.717) is 23.6 Å². The van der Waals surface area contributed by atoms with E-state index in [4.69, 9.17) is 10.5 Å². The molecule has 4 aromatic heterocycles. The predicted molar refractivity (Wildman–Crippen MR) is 188 cm³/mol. The number of nitrogens with zero attached hydrogens (tertiary/aromatic N) is 6. The van der Waals surface area contributed by atoms with Crippen molar-refractivity contribution in [2.45, 2.75) is 26.9 Å². The maximum atomic E-state index is 15.8. The van der Waals surface area contributed by atoms with Gasteiger partial charge in [-0.05, 0) is 74.5 Å². The lowest BCUT2D eigenvalue weighted by atomic mass is 9.95. The van der Waals surface area contributed by atoms with Crippen LogP contribution in [0.15, 0.2) is 79.9 Å². The molecule has 6 rings (SSSR count). The SMILES string of the molecule is C=CC(=O)NCc1ccc(-c2sc3c(-c4cnn(CCN(C)C)c4)cnc(N)c3c2-c2ccc(Oc3nccc(C)n3)c(F)c2)c(C)c1. The molecule has 6 aromatic rings. The van der Waals surface area contributed by atoms with E-state index in [-0.39, 0.29) is 17.7 Å². The van der Waals surface area contributed by atoms with Gasteiger partial charge in [0.25, 0.3) is 0 Å². The average Bonchev–Trinajstić information content (AvgIpc) is 3.70. The monoisotopic (exact) mass is 662 g/mol. The summed E-state index contributed by atoms with van der Waals surface area (Å²) in [5, 5.41) is 8.14. The standard InChI is InChI=1S/C36H35FN8O2S/c1-6-30(46)40-17-23-7-9-26(21(2)15-23)33-31(24-8-10-29(28(37)16-24)47-36-39-12-11-22(3)43-36)32-34(48-33)27(19-41-35(32)38)25-18-42-45(20-25)14-13-44(4)5/h6-12,15-16,18-20H,1,13-14,17H2,2-5H3,(H2,38,41)(H,40,46). The van der Waals surface area contributed by atoms with Gasteiger partial charge in [0.05, 0.1) is 12.7 Å². The Hall–Kier alpha value is -5.46. The van der Waals surface area contributed by atoms with Gasteiger partial charge in [-0.1, -0.05) is 30.8 Å². The van der Waals surface area contributed by atoms with E-state index < -0.39 is 5.82 Å². The number of thiophene rings is 1. The number of benzene rings is 2. The molecule has 4 heterocycles. The molecule has 0 spiro atoms. The molecular weight excluding hydrogens is 628 g/mol.